The lowest BCUT2D eigenvalue weighted by molar-refractivity contribution is 0.539. The smallest absolute Gasteiger partial charge is 0.210 e. The molecule has 0 saturated heterocycles. The summed E-state index contributed by atoms with van der Waals surface area (Å²) in [7, 11) is 2.09. The SMILES string of the molecule is CN1CC=CN=C1n1c2ccccc2c2ccc(C3=CCC(N/C(=C(\N)c4ccccc4)c4ccccc4)C=C3)cc21. The number of nitrogens with zero attached hydrogens (tertiary/aromatic N) is 3. The molecule has 1 atom stereocenters. The Morgan fingerprint density at radius 3 is 2.29 bits per heavy atom. The number of nitrogens with one attached hydrogen (secondary N) is 1. The molecule has 5 heteroatoms. The molecule has 1 aromatic heterocycles. The van der Waals surface area contributed by atoms with Crippen LogP contribution in [-0.2, 0) is 0 Å². The molecule has 0 spiro atoms. The first kappa shape index (κ1) is 25.7. The standard InChI is InChI=1S/C37H33N5/c1-41-24-10-23-39-37(41)42-33-16-9-8-15-31(33)32-22-19-29(25-34(32)42)26-17-20-30(21-18-26)40-36(28-13-6-3-7-14-28)35(38)27-11-4-2-5-12-27/h2-20,22-23,25,30,40H,21,24,38H2,1H3/b36-35-. The lowest BCUT2D eigenvalue weighted by atomic mass is 9.95. The van der Waals surface area contributed by atoms with Gasteiger partial charge in [-0.05, 0) is 46.9 Å². The molecule has 1 aliphatic carbocycles. The average molecular weight is 548 g/mol. The van der Waals surface area contributed by atoms with Gasteiger partial charge in [0.05, 0.1) is 22.4 Å². The second-order valence-corrected chi connectivity index (χ2v) is 10.8. The topological polar surface area (TPSA) is 58.6 Å². The highest BCUT2D eigenvalue weighted by atomic mass is 15.3. The first-order valence-electron chi connectivity index (χ1n) is 14.4. The highest BCUT2D eigenvalue weighted by molar-refractivity contribution is 6.14. The van der Waals surface area contributed by atoms with E-state index in [-0.39, 0.29) is 6.04 Å². The fraction of sp³-hybridized carbons (Fsp3) is 0.108. The van der Waals surface area contributed by atoms with Crippen molar-refractivity contribution in [2.45, 2.75) is 12.5 Å². The highest BCUT2D eigenvalue weighted by Gasteiger charge is 2.20. The van der Waals surface area contributed by atoms with Gasteiger partial charge in [0, 0.05) is 36.6 Å². The van der Waals surface area contributed by atoms with Crippen LogP contribution < -0.4 is 11.1 Å². The van der Waals surface area contributed by atoms with Crippen LogP contribution in [0.1, 0.15) is 23.1 Å². The Labute approximate surface area is 246 Å². The summed E-state index contributed by atoms with van der Waals surface area (Å²) in [5.41, 5.74) is 15.2. The molecule has 0 saturated carbocycles. The van der Waals surface area contributed by atoms with Gasteiger partial charge in [0.2, 0.25) is 5.96 Å². The Morgan fingerprint density at radius 2 is 1.55 bits per heavy atom. The first-order chi connectivity index (χ1) is 20.7. The Morgan fingerprint density at radius 1 is 0.833 bits per heavy atom. The van der Waals surface area contributed by atoms with Crippen molar-refractivity contribution in [2.24, 2.45) is 10.7 Å². The summed E-state index contributed by atoms with van der Waals surface area (Å²) in [6.07, 6.45) is 11.6. The van der Waals surface area contributed by atoms with Crippen LogP contribution in [0.15, 0.2) is 139 Å². The number of benzene rings is 4. The number of hydrogen-bond acceptors (Lipinski definition) is 4. The third kappa shape index (κ3) is 4.69. The molecule has 1 unspecified atom stereocenters. The van der Waals surface area contributed by atoms with Gasteiger partial charge in [0.25, 0.3) is 0 Å². The molecule has 1 aliphatic heterocycles. The molecule has 2 heterocycles. The van der Waals surface area contributed by atoms with Gasteiger partial charge in [-0.2, -0.15) is 0 Å². The number of fused-ring (bicyclic) bond motifs is 3. The van der Waals surface area contributed by atoms with Gasteiger partial charge >= 0.3 is 0 Å². The van der Waals surface area contributed by atoms with Crippen LogP contribution in [0.25, 0.3) is 38.8 Å². The normalized spacial score (nSPS) is 17.3. The van der Waals surface area contributed by atoms with E-state index in [9.17, 15) is 0 Å². The average Bonchev–Trinajstić information content (AvgIpc) is 3.38. The molecule has 5 aromatic rings. The minimum absolute atomic E-state index is 0.124. The molecule has 0 radical (unpaired) electrons. The summed E-state index contributed by atoms with van der Waals surface area (Å²) < 4.78 is 2.29. The summed E-state index contributed by atoms with van der Waals surface area (Å²) in [5, 5.41) is 6.20. The minimum atomic E-state index is 0.124. The van der Waals surface area contributed by atoms with E-state index in [4.69, 9.17) is 10.7 Å². The second kappa shape index (κ2) is 10.9. The van der Waals surface area contributed by atoms with E-state index in [1.807, 2.05) is 42.6 Å². The van der Waals surface area contributed by atoms with Gasteiger partial charge in [-0.25, -0.2) is 4.99 Å². The number of hydrogen-bond donors (Lipinski definition) is 2. The third-order valence-electron chi connectivity index (χ3n) is 8.07. The van der Waals surface area contributed by atoms with Crippen molar-refractivity contribution < 1.29 is 0 Å². The van der Waals surface area contributed by atoms with Crippen LogP contribution in [0, 0.1) is 0 Å². The van der Waals surface area contributed by atoms with Gasteiger partial charge in [0.15, 0.2) is 0 Å². The largest absolute Gasteiger partial charge is 0.397 e. The zero-order chi connectivity index (χ0) is 28.5. The molecule has 7 rings (SSSR count). The number of para-hydroxylation sites is 1. The summed E-state index contributed by atoms with van der Waals surface area (Å²) in [5.74, 6) is 0.939. The van der Waals surface area contributed by atoms with E-state index in [1.165, 1.54) is 27.4 Å². The van der Waals surface area contributed by atoms with E-state index in [1.54, 1.807) is 0 Å². The third-order valence-corrected chi connectivity index (χ3v) is 8.07. The monoisotopic (exact) mass is 547 g/mol. The molecule has 42 heavy (non-hydrogen) atoms. The predicted molar refractivity (Wildman–Crippen MR) is 177 cm³/mol. The molecular weight excluding hydrogens is 514 g/mol. The molecule has 0 bridgehead atoms. The van der Waals surface area contributed by atoms with Gasteiger partial charge in [0.1, 0.15) is 0 Å². The molecule has 2 aliphatic rings. The number of aliphatic imine (C=N–C) groups is 1. The number of rotatable bonds is 5. The number of aromatic nitrogens is 1. The molecule has 3 N–H and O–H groups in total. The lowest BCUT2D eigenvalue weighted by Crippen LogP contribution is -2.34. The summed E-state index contributed by atoms with van der Waals surface area (Å²) >= 11 is 0. The number of likely N-dealkylation sites (N-methyl/N-ethyl adjacent to an activating group) is 1. The summed E-state index contributed by atoms with van der Waals surface area (Å²) in [6, 6.07) is 36.0. The molecule has 0 amide bonds. The van der Waals surface area contributed by atoms with Crippen molar-refractivity contribution in [2.75, 3.05) is 13.6 Å². The Bertz CT molecular complexity index is 1920. The Hall–Kier alpha value is -5.29. The van der Waals surface area contributed by atoms with Crippen LogP contribution in [0.5, 0.6) is 0 Å². The summed E-state index contributed by atoms with van der Waals surface area (Å²) in [6.45, 7) is 0.836. The maximum Gasteiger partial charge on any atom is 0.210 e. The van der Waals surface area contributed by atoms with E-state index < -0.39 is 0 Å². The molecule has 206 valence electrons. The Balaban J connectivity index is 1.21. The van der Waals surface area contributed by atoms with Gasteiger partial charge in [-0.3, -0.25) is 4.57 Å². The fourth-order valence-electron chi connectivity index (χ4n) is 5.91. The van der Waals surface area contributed by atoms with Crippen molar-refractivity contribution in [1.82, 2.24) is 14.8 Å². The fourth-order valence-corrected chi connectivity index (χ4v) is 5.91. The van der Waals surface area contributed by atoms with E-state index in [0.717, 1.165) is 47.0 Å². The van der Waals surface area contributed by atoms with Crippen LogP contribution in [0.3, 0.4) is 0 Å². The van der Waals surface area contributed by atoms with E-state index >= 15 is 0 Å². The van der Waals surface area contributed by atoms with Crippen molar-refractivity contribution in [3.05, 3.63) is 150 Å². The van der Waals surface area contributed by atoms with Crippen LogP contribution >= 0.6 is 0 Å². The predicted octanol–water partition coefficient (Wildman–Crippen LogP) is 7.24. The molecule has 0 fully saturated rings. The lowest BCUT2D eigenvalue weighted by Gasteiger charge is -2.24. The number of nitrogens with two attached hydrogens (primary N) is 1. The zero-order valence-corrected chi connectivity index (χ0v) is 23.6. The van der Waals surface area contributed by atoms with Crippen molar-refractivity contribution >= 4 is 44.7 Å². The van der Waals surface area contributed by atoms with Crippen LogP contribution in [-0.4, -0.2) is 35.1 Å². The molecule has 4 aromatic carbocycles. The molecule has 5 nitrogen and oxygen atoms in total. The maximum atomic E-state index is 6.74. The quantitative estimate of drug-likeness (QED) is 0.228. The van der Waals surface area contributed by atoms with Gasteiger partial charge in [-0.15, -0.1) is 0 Å². The van der Waals surface area contributed by atoms with Crippen molar-refractivity contribution in [3.63, 3.8) is 0 Å². The maximum absolute atomic E-state index is 6.74. The van der Waals surface area contributed by atoms with Crippen LogP contribution in [0.4, 0.5) is 0 Å². The minimum Gasteiger partial charge on any atom is -0.397 e. The second-order valence-electron chi connectivity index (χ2n) is 10.8. The summed E-state index contributed by atoms with van der Waals surface area (Å²) in [4.78, 5) is 6.96. The van der Waals surface area contributed by atoms with Crippen molar-refractivity contribution in [3.8, 4) is 0 Å². The Kier molecular flexibility index (Phi) is 6.68. The first-order valence-corrected chi connectivity index (χ1v) is 14.4. The highest BCUT2D eigenvalue weighted by Crippen LogP contribution is 2.33. The van der Waals surface area contributed by atoms with Crippen LogP contribution in [0.2, 0.25) is 0 Å². The van der Waals surface area contributed by atoms with Gasteiger partial charge in [-0.1, -0.05) is 109 Å². The van der Waals surface area contributed by atoms with E-state index in [0.29, 0.717) is 0 Å². The van der Waals surface area contributed by atoms with E-state index in [2.05, 4.69) is 113 Å². The van der Waals surface area contributed by atoms with Gasteiger partial charge < -0.3 is 16.0 Å². The molecular formula is C37H33N5. The van der Waals surface area contributed by atoms with Crippen molar-refractivity contribution in [1.29, 1.82) is 0 Å². The number of allylic oxidation sites excluding steroid dienone is 2. The zero-order valence-electron chi connectivity index (χ0n) is 23.6.